The molecule has 0 bridgehead atoms. The Kier molecular flexibility index (Phi) is 6.45. The van der Waals surface area contributed by atoms with Crippen LogP contribution in [0.1, 0.15) is 5.56 Å². The highest BCUT2D eigenvalue weighted by atomic mass is 35.5. The molecule has 1 N–H and O–H groups in total. The number of rotatable bonds is 7. The second-order valence-corrected chi connectivity index (χ2v) is 7.92. The third-order valence-corrected chi connectivity index (χ3v) is 5.53. The van der Waals surface area contributed by atoms with Crippen LogP contribution in [0.25, 0.3) is 28.3 Å². The van der Waals surface area contributed by atoms with E-state index in [1.165, 1.54) is 6.08 Å². The number of aliphatic carboxylic acids is 1. The number of benzene rings is 3. The molecule has 0 fully saturated rings. The first kappa shape index (κ1) is 21.5. The largest absolute Gasteiger partial charge is 0.480 e. The van der Waals surface area contributed by atoms with E-state index in [9.17, 15) is 9.90 Å². The van der Waals surface area contributed by atoms with Crippen LogP contribution in [0.4, 0.5) is 0 Å². The molecular weight excluding hydrogens is 448 g/mol. The number of carboxylic acids is 1. The molecule has 0 spiro atoms. The first-order chi connectivity index (χ1) is 15.5. The number of aromatic nitrogens is 2. The van der Waals surface area contributed by atoms with Gasteiger partial charge in [-0.05, 0) is 58.9 Å². The van der Waals surface area contributed by atoms with Crippen molar-refractivity contribution in [2.45, 2.75) is 5.22 Å². The molecule has 158 valence electrons. The highest BCUT2D eigenvalue weighted by Gasteiger charge is 2.18. The van der Waals surface area contributed by atoms with E-state index in [-0.39, 0.29) is 22.6 Å². The van der Waals surface area contributed by atoms with Crippen molar-refractivity contribution in [1.29, 1.82) is 0 Å². The van der Waals surface area contributed by atoms with Gasteiger partial charge in [0, 0.05) is 16.1 Å². The van der Waals surface area contributed by atoms with Gasteiger partial charge in [0.1, 0.15) is 17.3 Å². The SMILES string of the molecule is C#CCOc1ccc2ccccc2c1/C=C(\Sc1nnc(-c2ccc(Cl)cc2)o1)C(=O)O. The molecule has 0 aliphatic heterocycles. The molecule has 0 amide bonds. The number of nitrogens with zero attached hydrogens (tertiary/aromatic N) is 2. The van der Waals surface area contributed by atoms with Gasteiger partial charge in [-0.2, -0.15) is 0 Å². The maximum atomic E-state index is 12.0. The summed E-state index contributed by atoms with van der Waals surface area (Å²) in [5, 5.41) is 20.2. The van der Waals surface area contributed by atoms with Crippen molar-refractivity contribution >= 4 is 46.2 Å². The predicted molar refractivity (Wildman–Crippen MR) is 124 cm³/mol. The molecule has 1 aromatic heterocycles. The van der Waals surface area contributed by atoms with E-state index in [0.29, 0.717) is 21.9 Å². The molecule has 32 heavy (non-hydrogen) atoms. The number of fused-ring (bicyclic) bond motifs is 1. The first-order valence-electron chi connectivity index (χ1n) is 9.35. The number of carbonyl (C=O) groups is 1. The number of hydrogen-bond donors (Lipinski definition) is 1. The van der Waals surface area contributed by atoms with Gasteiger partial charge < -0.3 is 14.3 Å². The first-order valence-corrected chi connectivity index (χ1v) is 10.5. The van der Waals surface area contributed by atoms with Gasteiger partial charge in [-0.1, -0.05) is 47.9 Å². The van der Waals surface area contributed by atoms with Gasteiger partial charge in [0.15, 0.2) is 0 Å². The van der Waals surface area contributed by atoms with E-state index in [1.807, 2.05) is 30.3 Å². The van der Waals surface area contributed by atoms with Crippen molar-refractivity contribution in [2.24, 2.45) is 0 Å². The summed E-state index contributed by atoms with van der Waals surface area (Å²) in [5.74, 6) is 2.02. The zero-order valence-corrected chi connectivity index (χ0v) is 18.1. The lowest BCUT2D eigenvalue weighted by atomic mass is 10.0. The van der Waals surface area contributed by atoms with E-state index >= 15 is 0 Å². The molecule has 0 saturated heterocycles. The van der Waals surface area contributed by atoms with Crippen LogP contribution >= 0.6 is 23.4 Å². The Morgan fingerprint density at radius 1 is 1.16 bits per heavy atom. The van der Waals surface area contributed by atoms with Crippen molar-refractivity contribution in [2.75, 3.05) is 6.61 Å². The normalized spacial score (nSPS) is 11.3. The summed E-state index contributed by atoms with van der Waals surface area (Å²) in [7, 11) is 0. The highest BCUT2D eigenvalue weighted by molar-refractivity contribution is 8.03. The Balaban J connectivity index is 1.71. The van der Waals surface area contributed by atoms with E-state index in [2.05, 4.69) is 16.1 Å². The van der Waals surface area contributed by atoms with Crippen molar-refractivity contribution in [1.82, 2.24) is 10.2 Å². The fraction of sp³-hybridized carbons (Fsp3) is 0.0417. The zero-order chi connectivity index (χ0) is 22.5. The fourth-order valence-electron chi connectivity index (χ4n) is 2.99. The lowest BCUT2D eigenvalue weighted by Gasteiger charge is -2.11. The van der Waals surface area contributed by atoms with Crippen LogP contribution in [0.2, 0.25) is 5.02 Å². The number of halogens is 1. The Morgan fingerprint density at radius 3 is 2.69 bits per heavy atom. The lowest BCUT2D eigenvalue weighted by molar-refractivity contribution is -0.131. The molecule has 8 heteroatoms. The molecular formula is C24H15ClN2O4S. The third-order valence-electron chi connectivity index (χ3n) is 4.42. The van der Waals surface area contributed by atoms with Crippen molar-refractivity contribution in [3.63, 3.8) is 0 Å². The molecule has 0 aliphatic carbocycles. The highest BCUT2D eigenvalue weighted by Crippen LogP contribution is 2.35. The monoisotopic (exact) mass is 462 g/mol. The maximum absolute atomic E-state index is 12.0. The average molecular weight is 463 g/mol. The minimum atomic E-state index is -1.14. The molecule has 4 rings (SSSR count). The molecule has 1 heterocycles. The zero-order valence-electron chi connectivity index (χ0n) is 16.5. The fourth-order valence-corrected chi connectivity index (χ4v) is 3.77. The molecule has 0 aliphatic rings. The van der Waals surface area contributed by atoms with Crippen molar-refractivity contribution < 1.29 is 19.1 Å². The van der Waals surface area contributed by atoms with Crippen LogP contribution in [0.5, 0.6) is 5.75 Å². The van der Waals surface area contributed by atoms with Crippen LogP contribution in [0.3, 0.4) is 0 Å². The number of carboxylic acid groups (broad SMARTS) is 1. The summed E-state index contributed by atoms with van der Waals surface area (Å²) in [5.41, 5.74) is 1.27. The van der Waals surface area contributed by atoms with Gasteiger partial charge in [-0.3, -0.25) is 0 Å². The molecule has 0 radical (unpaired) electrons. The van der Waals surface area contributed by atoms with Crippen LogP contribution in [-0.4, -0.2) is 27.9 Å². The lowest BCUT2D eigenvalue weighted by Crippen LogP contribution is -2.00. The van der Waals surface area contributed by atoms with Gasteiger partial charge in [-0.25, -0.2) is 4.79 Å². The second-order valence-electron chi connectivity index (χ2n) is 6.49. The minimum Gasteiger partial charge on any atom is -0.480 e. The van der Waals surface area contributed by atoms with Gasteiger partial charge in [0.2, 0.25) is 5.89 Å². The smallest absolute Gasteiger partial charge is 0.342 e. The minimum absolute atomic E-state index is 0.0155. The van der Waals surface area contributed by atoms with Crippen LogP contribution in [-0.2, 0) is 4.79 Å². The van der Waals surface area contributed by atoms with E-state index in [4.69, 9.17) is 27.2 Å². The quantitative estimate of drug-likeness (QED) is 0.212. The van der Waals surface area contributed by atoms with E-state index in [0.717, 1.165) is 22.5 Å². The third kappa shape index (κ3) is 4.78. The van der Waals surface area contributed by atoms with Gasteiger partial charge in [-0.15, -0.1) is 16.6 Å². The molecule has 3 aromatic carbocycles. The van der Waals surface area contributed by atoms with Crippen molar-refractivity contribution in [3.8, 4) is 29.5 Å². The standard InChI is InChI=1S/C24H15ClN2O4S/c1-2-13-30-20-12-9-15-5-3-4-6-18(15)19(20)14-21(23(28)29)32-24-27-26-22(31-24)16-7-10-17(25)11-8-16/h1,3-12,14H,13H2,(H,28,29)/b21-14-. The number of thioether (sulfide) groups is 1. The van der Waals surface area contributed by atoms with Crippen LogP contribution in [0, 0.1) is 12.3 Å². The average Bonchev–Trinajstić information content (AvgIpc) is 3.27. The van der Waals surface area contributed by atoms with E-state index in [1.54, 1.807) is 30.3 Å². The molecule has 4 aromatic rings. The molecule has 0 saturated carbocycles. The Morgan fingerprint density at radius 2 is 1.94 bits per heavy atom. The van der Waals surface area contributed by atoms with Crippen LogP contribution < -0.4 is 4.74 Å². The summed E-state index contributed by atoms with van der Waals surface area (Å²) < 4.78 is 11.3. The van der Waals surface area contributed by atoms with Crippen molar-refractivity contribution in [3.05, 3.63) is 76.2 Å². The Labute approximate surface area is 192 Å². The topological polar surface area (TPSA) is 85.5 Å². The summed E-state index contributed by atoms with van der Waals surface area (Å²) in [6.45, 7) is 0.0584. The molecule has 0 unspecified atom stereocenters. The summed E-state index contributed by atoms with van der Waals surface area (Å²) in [6.07, 6.45) is 6.85. The maximum Gasteiger partial charge on any atom is 0.342 e. The van der Waals surface area contributed by atoms with Crippen LogP contribution in [0.15, 0.2) is 75.2 Å². The number of terminal acetylenes is 1. The van der Waals surface area contributed by atoms with Gasteiger partial charge in [0.25, 0.3) is 5.22 Å². The summed E-state index contributed by atoms with van der Waals surface area (Å²) in [4.78, 5) is 12.0. The molecule has 0 atom stereocenters. The van der Waals surface area contributed by atoms with E-state index < -0.39 is 5.97 Å². The van der Waals surface area contributed by atoms with Gasteiger partial charge >= 0.3 is 5.97 Å². The Hall–Kier alpha value is -3.73. The number of ether oxygens (including phenoxy) is 1. The number of hydrogen-bond acceptors (Lipinski definition) is 6. The summed E-state index contributed by atoms with van der Waals surface area (Å²) >= 11 is 6.76. The molecule has 6 nitrogen and oxygen atoms in total. The second kappa shape index (κ2) is 9.60. The summed E-state index contributed by atoms with van der Waals surface area (Å²) in [6, 6.07) is 18.1. The van der Waals surface area contributed by atoms with Gasteiger partial charge in [0.05, 0.1) is 0 Å². The predicted octanol–water partition coefficient (Wildman–Crippen LogP) is 5.77. The Bertz CT molecular complexity index is 1360.